The number of esters is 1. The molecule has 0 heterocycles. The highest BCUT2D eigenvalue weighted by molar-refractivity contribution is 8.00. The molecule has 0 saturated heterocycles. The summed E-state index contributed by atoms with van der Waals surface area (Å²) in [5, 5.41) is 0. The fourth-order valence-electron chi connectivity index (χ4n) is 2.21. The number of ether oxygens (including phenoxy) is 1. The van der Waals surface area contributed by atoms with Crippen LogP contribution in [0.4, 0.5) is 4.39 Å². The van der Waals surface area contributed by atoms with Crippen molar-refractivity contribution in [1.82, 2.24) is 0 Å². The van der Waals surface area contributed by atoms with Crippen molar-refractivity contribution in [1.29, 1.82) is 0 Å². The first-order chi connectivity index (χ1) is 10.0. The Morgan fingerprint density at radius 2 is 2.05 bits per heavy atom. The van der Waals surface area contributed by atoms with E-state index in [2.05, 4.69) is 4.74 Å². The molecule has 0 spiro atoms. The van der Waals surface area contributed by atoms with Crippen LogP contribution in [0.1, 0.15) is 24.8 Å². The maximum atomic E-state index is 13.4. The molecule has 0 atom stereocenters. The van der Waals surface area contributed by atoms with Crippen molar-refractivity contribution in [3.8, 4) is 0 Å². The third-order valence-electron chi connectivity index (χ3n) is 3.72. The quantitative estimate of drug-likeness (QED) is 0.692. The average molecular weight is 310 g/mol. The fraction of sp³-hybridized carbons (Fsp3) is 0.500. The highest BCUT2D eigenvalue weighted by atomic mass is 32.2. The van der Waals surface area contributed by atoms with Gasteiger partial charge < -0.3 is 4.74 Å². The molecule has 5 heteroatoms. The van der Waals surface area contributed by atoms with Gasteiger partial charge in [0.05, 0.1) is 19.3 Å². The van der Waals surface area contributed by atoms with Crippen molar-refractivity contribution in [3.63, 3.8) is 0 Å². The summed E-state index contributed by atoms with van der Waals surface area (Å²) in [6, 6.07) is 6.35. The van der Waals surface area contributed by atoms with Crippen molar-refractivity contribution >= 4 is 23.5 Å². The summed E-state index contributed by atoms with van der Waals surface area (Å²) >= 11 is 1.53. The van der Waals surface area contributed by atoms with E-state index >= 15 is 0 Å². The molecule has 3 nitrogen and oxygen atoms in total. The summed E-state index contributed by atoms with van der Waals surface area (Å²) in [6.07, 6.45) is 2.58. The number of rotatable bonds is 8. The Bertz CT molecular complexity index is 526. The number of carbonyl (C=O) groups excluding carboxylic acids is 2. The summed E-state index contributed by atoms with van der Waals surface area (Å²) in [5.74, 6) is 0.632. The molecule has 0 radical (unpaired) electrons. The van der Waals surface area contributed by atoms with Gasteiger partial charge >= 0.3 is 5.97 Å². The molecule has 0 amide bonds. The van der Waals surface area contributed by atoms with Crippen LogP contribution < -0.4 is 0 Å². The number of methoxy groups -OCH3 is 1. The molecule has 1 aliphatic carbocycles. The zero-order chi connectivity index (χ0) is 15.3. The van der Waals surface area contributed by atoms with Crippen LogP contribution in [-0.4, -0.2) is 30.4 Å². The Labute approximate surface area is 128 Å². The lowest BCUT2D eigenvalue weighted by molar-refractivity contribution is -0.141. The Kier molecular flexibility index (Phi) is 5.39. The molecule has 1 saturated carbocycles. The van der Waals surface area contributed by atoms with Crippen molar-refractivity contribution in [2.75, 3.05) is 18.6 Å². The van der Waals surface area contributed by atoms with Crippen molar-refractivity contribution in [2.45, 2.75) is 25.7 Å². The number of halogens is 1. The molecule has 1 aromatic carbocycles. The monoisotopic (exact) mass is 310 g/mol. The minimum atomic E-state index is -0.333. The maximum Gasteiger partial charge on any atom is 0.306 e. The fourth-order valence-corrected chi connectivity index (χ4v) is 3.47. The topological polar surface area (TPSA) is 43.4 Å². The van der Waals surface area contributed by atoms with Gasteiger partial charge in [-0.25, -0.2) is 4.39 Å². The van der Waals surface area contributed by atoms with Crippen LogP contribution in [0.15, 0.2) is 24.3 Å². The van der Waals surface area contributed by atoms with Gasteiger partial charge in [-0.3, -0.25) is 9.59 Å². The van der Waals surface area contributed by atoms with Gasteiger partial charge in [0.15, 0.2) is 0 Å². The minimum absolute atomic E-state index is 0.0129. The molecule has 1 aromatic rings. The van der Waals surface area contributed by atoms with Crippen LogP contribution >= 0.6 is 11.8 Å². The van der Waals surface area contributed by atoms with Gasteiger partial charge in [0.1, 0.15) is 11.6 Å². The summed E-state index contributed by atoms with van der Waals surface area (Å²) in [5.41, 5.74) is 0.467. The van der Waals surface area contributed by atoms with Gasteiger partial charge in [0, 0.05) is 6.42 Å². The lowest BCUT2D eigenvalue weighted by Gasteiger charge is -2.12. The molecule has 21 heavy (non-hydrogen) atoms. The Morgan fingerprint density at radius 1 is 1.33 bits per heavy atom. The largest absolute Gasteiger partial charge is 0.469 e. The zero-order valence-corrected chi connectivity index (χ0v) is 12.9. The molecule has 0 aliphatic heterocycles. The molecule has 114 valence electrons. The van der Waals surface area contributed by atoms with Gasteiger partial charge in [0.2, 0.25) is 0 Å². The molecular weight excluding hydrogens is 291 g/mol. The molecule has 1 aliphatic rings. The third-order valence-corrected chi connectivity index (χ3v) is 5.06. The minimum Gasteiger partial charge on any atom is -0.469 e. The second-order valence-electron chi connectivity index (χ2n) is 5.55. The van der Waals surface area contributed by atoms with Gasteiger partial charge in [-0.2, -0.15) is 11.8 Å². The Morgan fingerprint density at radius 3 is 2.67 bits per heavy atom. The van der Waals surface area contributed by atoms with E-state index in [1.54, 1.807) is 18.2 Å². The van der Waals surface area contributed by atoms with E-state index in [9.17, 15) is 14.0 Å². The molecule has 0 N–H and O–H groups in total. The molecule has 0 bridgehead atoms. The first-order valence-corrected chi connectivity index (χ1v) is 8.10. The number of Topliss-reactive ketones (excluding diaryl/α,β-unsaturated/α-hetero) is 1. The van der Waals surface area contributed by atoms with Crippen LogP contribution in [-0.2, 0) is 20.7 Å². The summed E-state index contributed by atoms with van der Waals surface area (Å²) in [4.78, 5) is 23.2. The number of ketones is 1. The number of hydrogen-bond donors (Lipinski definition) is 0. The highest BCUT2D eigenvalue weighted by Gasteiger charge is 2.44. The van der Waals surface area contributed by atoms with Crippen molar-refractivity contribution in [2.24, 2.45) is 5.41 Å². The smallest absolute Gasteiger partial charge is 0.306 e. The van der Waals surface area contributed by atoms with E-state index < -0.39 is 0 Å². The van der Waals surface area contributed by atoms with Crippen LogP contribution in [0.5, 0.6) is 0 Å². The lowest BCUT2D eigenvalue weighted by atomic mass is 10.1. The van der Waals surface area contributed by atoms with Gasteiger partial charge in [0.25, 0.3) is 0 Å². The second-order valence-corrected chi connectivity index (χ2v) is 6.54. The van der Waals surface area contributed by atoms with E-state index in [0.717, 1.165) is 18.6 Å². The summed E-state index contributed by atoms with van der Waals surface area (Å²) in [7, 11) is 1.39. The molecule has 1 fully saturated rings. The molecule has 0 aromatic heterocycles. The number of thioether (sulfide) groups is 1. The Hall–Kier alpha value is -1.36. The van der Waals surface area contributed by atoms with E-state index in [1.165, 1.54) is 24.9 Å². The second kappa shape index (κ2) is 7.07. The van der Waals surface area contributed by atoms with Crippen molar-refractivity contribution in [3.05, 3.63) is 35.6 Å². The first-order valence-electron chi connectivity index (χ1n) is 6.94. The first kappa shape index (κ1) is 16.0. The molecule has 2 rings (SSSR count). The third kappa shape index (κ3) is 4.84. The zero-order valence-electron chi connectivity index (χ0n) is 12.1. The number of benzene rings is 1. The summed E-state index contributed by atoms with van der Waals surface area (Å²) < 4.78 is 18.1. The van der Waals surface area contributed by atoms with Gasteiger partial charge in [-0.15, -0.1) is 0 Å². The predicted octanol–water partition coefficient (Wildman–Crippen LogP) is 3.01. The van der Waals surface area contributed by atoms with Gasteiger partial charge in [-0.1, -0.05) is 18.2 Å². The van der Waals surface area contributed by atoms with Crippen LogP contribution in [0.2, 0.25) is 0 Å². The molecule has 0 unspecified atom stereocenters. The number of carbonyl (C=O) groups is 2. The van der Waals surface area contributed by atoms with E-state index in [4.69, 9.17) is 0 Å². The predicted molar refractivity (Wildman–Crippen MR) is 80.7 cm³/mol. The highest BCUT2D eigenvalue weighted by Crippen LogP contribution is 2.51. The normalized spacial score (nSPS) is 15.5. The van der Waals surface area contributed by atoms with Gasteiger partial charge in [-0.05, 0) is 35.6 Å². The average Bonchev–Trinajstić information content (AvgIpc) is 3.21. The summed E-state index contributed by atoms with van der Waals surface area (Å²) in [6.45, 7) is 0. The lowest BCUT2D eigenvalue weighted by Crippen LogP contribution is -2.15. The SMILES string of the molecule is COC(=O)CC1(CSCC(=O)Cc2ccccc2F)CC1. The van der Waals surface area contributed by atoms with Crippen LogP contribution in [0.25, 0.3) is 0 Å². The van der Waals surface area contributed by atoms with Crippen molar-refractivity contribution < 1.29 is 18.7 Å². The van der Waals surface area contributed by atoms with E-state index in [1.807, 2.05) is 0 Å². The molecular formula is C16H19FO3S. The van der Waals surface area contributed by atoms with E-state index in [0.29, 0.717) is 17.7 Å². The number of hydrogen-bond acceptors (Lipinski definition) is 4. The van der Waals surface area contributed by atoms with Crippen LogP contribution in [0.3, 0.4) is 0 Å². The Balaban J connectivity index is 1.73. The maximum absolute atomic E-state index is 13.4. The van der Waals surface area contributed by atoms with Crippen LogP contribution in [0, 0.1) is 11.2 Å². The van der Waals surface area contributed by atoms with E-state index in [-0.39, 0.29) is 29.4 Å². The standard InChI is InChI=1S/C16H19FO3S/c1-20-15(19)9-16(6-7-16)11-21-10-13(18)8-12-4-2-3-5-14(12)17/h2-5H,6-11H2,1H3.